The Bertz CT molecular complexity index is 817. The number of rotatable bonds is 9. The molecule has 1 atom stereocenters. The lowest BCUT2D eigenvalue weighted by atomic mass is 10.1. The van der Waals surface area contributed by atoms with E-state index in [1.165, 1.54) is 5.56 Å². The predicted molar refractivity (Wildman–Crippen MR) is 136 cm³/mol. The zero-order valence-electron chi connectivity index (χ0n) is 18.4. The molecular weight excluding hydrogens is 505 g/mol. The molecule has 1 aliphatic rings. The van der Waals surface area contributed by atoms with Gasteiger partial charge in [0.05, 0.1) is 20.3 Å². The molecule has 6 nitrogen and oxygen atoms in total. The summed E-state index contributed by atoms with van der Waals surface area (Å²) < 4.78 is 11.1. The summed E-state index contributed by atoms with van der Waals surface area (Å²) in [4.78, 5) is 7.10. The standard InChI is InChI=1S/C24H33N3O3.HI/c1-3-25-24(26-13-11-21-9-10-22(29-2)15-23(21)28)27-14-12-20(16-27)18-30-17-19-7-5-4-6-8-19;/h4-10,15,20,28H,3,11-14,16-18H2,1-2H3,(H,25,26);1H. The minimum absolute atomic E-state index is 0. The molecule has 31 heavy (non-hydrogen) atoms. The van der Waals surface area contributed by atoms with Crippen LogP contribution in [0.1, 0.15) is 24.5 Å². The van der Waals surface area contributed by atoms with Gasteiger partial charge in [-0.15, -0.1) is 24.0 Å². The fourth-order valence-corrected chi connectivity index (χ4v) is 3.67. The van der Waals surface area contributed by atoms with Gasteiger partial charge in [-0.3, -0.25) is 4.99 Å². The number of methoxy groups -OCH3 is 1. The number of phenolic OH excluding ortho intramolecular Hbond substituents is 1. The van der Waals surface area contributed by atoms with E-state index in [1.807, 2.05) is 30.3 Å². The molecule has 1 saturated heterocycles. The summed E-state index contributed by atoms with van der Waals surface area (Å²) in [5, 5.41) is 13.5. The van der Waals surface area contributed by atoms with Crippen LogP contribution < -0.4 is 10.1 Å². The Kier molecular flexibility index (Phi) is 10.9. The Balaban J connectivity index is 0.00000341. The second kappa shape index (κ2) is 13.4. The Hall–Kier alpha value is -2.00. The van der Waals surface area contributed by atoms with Gasteiger partial charge >= 0.3 is 0 Å². The highest BCUT2D eigenvalue weighted by Gasteiger charge is 2.25. The van der Waals surface area contributed by atoms with Gasteiger partial charge in [0.25, 0.3) is 0 Å². The average Bonchev–Trinajstić information content (AvgIpc) is 3.23. The van der Waals surface area contributed by atoms with Crippen LogP contribution in [0.3, 0.4) is 0 Å². The van der Waals surface area contributed by atoms with Gasteiger partial charge in [0.15, 0.2) is 5.96 Å². The van der Waals surface area contributed by atoms with Gasteiger partial charge < -0.3 is 24.8 Å². The van der Waals surface area contributed by atoms with Crippen molar-refractivity contribution < 1.29 is 14.6 Å². The topological polar surface area (TPSA) is 66.3 Å². The van der Waals surface area contributed by atoms with Crippen molar-refractivity contribution in [1.82, 2.24) is 10.2 Å². The van der Waals surface area contributed by atoms with Crippen molar-refractivity contribution in [1.29, 1.82) is 0 Å². The number of benzene rings is 2. The second-order valence-corrected chi connectivity index (χ2v) is 7.58. The van der Waals surface area contributed by atoms with Gasteiger partial charge in [-0.25, -0.2) is 0 Å². The number of ether oxygens (including phenoxy) is 2. The van der Waals surface area contributed by atoms with Crippen molar-refractivity contribution in [3.63, 3.8) is 0 Å². The molecule has 0 bridgehead atoms. The van der Waals surface area contributed by atoms with Crippen molar-refractivity contribution in [2.45, 2.75) is 26.4 Å². The number of aromatic hydroxyl groups is 1. The smallest absolute Gasteiger partial charge is 0.193 e. The lowest BCUT2D eigenvalue weighted by Gasteiger charge is -2.21. The molecular formula is C24H34IN3O3. The van der Waals surface area contributed by atoms with E-state index in [0.29, 0.717) is 31.2 Å². The van der Waals surface area contributed by atoms with Gasteiger partial charge in [0.2, 0.25) is 0 Å². The average molecular weight is 539 g/mol. The van der Waals surface area contributed by atoms with Crippen LogP contribution in [-0.4, -0.2) is 55.9 Å². The zero-order valence-corrected chi connectivity index (χ0v) is 20.7. The number of hydrogen-bond donors (Lipinski definition) is 2. The van der Waals surface area contributed by atoms with Crippen molar-refractivity contribution in [2.75, 3.05) is 39.9 Å². The van der Waals surface area contributed by atoms with Gasteiger partial charge in [-0.05, 0) is 37.0 Å². The third-order valence-electron chi connectivity index (χ3n) is 5.32. The van der Waals surface area contributed by atoms with E-state index in [0.717, 1.165) is 44.2 Å². The minimum Gasteiger partial charge on any atom is -0.508 e. The number of nitrogens with zero attached hydrogens (tertiary/aromatic N) is 2. The van der Waals surface area contributed by atoms with Crippen LogP contribution in [-0.2, 0) is 17.8 Å². The summed E-state index contributed by atoms with van der Waals surface area (Å²) in [5.74, 6) is 2.37. The predicted octanol–water partition coefficient (Wildman–Crippen LogP) is 4.07. The highest BCUT2D eigenvalue weighted by molar-refractivity contribution is 14.0. The highest BCUT2D eigenvalue weighted by atomic mass is 127. The maximum Gasteiger partial charge on any atom is 0.193 e. The molecule has 1 heterocycles. The monoisotopic (exact) mass is 539 g/mol. The molecule has 0 radical (unpaired) electrons. The van der Waals surface area contributed by atoms with Crippen molar-refractivity contribution in [2.24, 2.45) is 10.9 Å². The number of aliphatic imine (C=N–C) groups is 1. The van der Waals surface area contributed by atoms with Crippen LogP contribution in [0.15, 0.2) is 53.5 Å². The summed E-state index contributed by atoms with van der Waals surface area (Å²) in [5.41, 5.74) is 2.09. The van der Waals surface area contributed by atoms with Crippen LogP contribution in [0.5, 0.6) is 11.5 Å². The van der Waals surface area contributed by atoms with Crippen LogP contribution in [0, 0.1) is 5.92 Å². The first-order valence-electron chi connectivity index (χ1n) is 10.7. The van der Waals surface area contributed by atoms with E-state index in [2.05, 4.69) is 29.3 Å². The molecule has 0 spiro atoms. The molecule has 170 valence electrons. The molecule has 0 saturated carbocycles. The van der Waals surface area contributed by atoms with Crippen LogP contribution in [0.4, 0.5) is 0 Å². The zero-order chi connectivity index (χ0) is 21.2. The number of phenols is 1. The van der Waals surface area contributed by atoms with Crippen molar-refractivity contribution in [3.05, 3.63) is 59.7 Å². The molecule has 2 N–H and O–H groups in total. The summed E-state index contributed by atoms with van der Waals surface area (Å²) >= 11 is 0. The molecule has 3 rings (SSSR count). The number of likely N-dealkylation sites (tertiary alicyclic amines) is 1. The first-order chi connectivity index (χ1) is 14.7. The summed E-state index contributed by atoms with van der Waals surface area (Å²) in [6.07, 6.45) is 1.79. The van der Waals surface area contributed by atoms with Crippen LogP contribution in [0.2, 0.25) is 0 Å². The number of hydrogen-bond acceptors (Lipinski definition) is 4. The van der Waals surface area contributed by atoms with Crippen molar-refractivity contribution in [3.8, 4) is 11.5 Å². The molecule has 0 amide bonds. The SMILES string of the molecule is CCNC(=NCCc1ccc(OC)cc1O)N1CCC(COCc2ccccc2)C1.I. The fourth-order valence-electron chi connectivity index (χ4n) is 3.67. The van der Waals surface area contributed by atoms with E-state index in [1.54, 1.807) is 13.2 Å². The van der Waals surface area contributed by atoms with Gasteiger partial charge in [0.1, 0.15) is 11.5 Å². The quantitative estimate of drug-likeness (QED) is 0.286. The first-order valence-corrected chi connectivity index (χ1v) is 10.7. The summed E-state index contributed by atoms with van der Waals surface area (Å²) in [6, 6.07) is 15.7. The second-order valence-electron chi connectivity index (χ2n) is 7.58. The molecule has 2 aromatic carbocycles. The Labute approximate surface area is 202 Å². The number of nitrogens with one attached hydrogen (secondary N) is 1. The molecule has 7 heteroatoms. The molecule has 0 aromatic heterocycles. The van der Waals surface area contributed by atoms with E-state index < -0.39 is 0 Å². The highest BCUT2D eigenvalue weighted by Crippen LogP contribution is 2.24. The van der Waals surface area contributed by atoms with Crippen LogP contribution in [0.25, 0.3) is 0 Å². The summed E-state index contributed by atoms with van der Waals surface area (Å²) in [6.45, 7) is 6.91. The number of halogens is 1. The van der Waals surface area contributed by atoms with E-state index in [4.69, 9.17) is 14.5 Å². The molecule has 1 aliphatic heterocycles. The van der Waals surface area contributed by atoms with Gasteiger partial charge in [0, 0.05) is 38.2 Å². The molecule has 0 aliphatic carbocycles. The molecule has 2 aromatic rings. The third-order valence-corrected chi connectivity index (χ3v) is 5.32. The molecule has 1 fully saturated rings. The maximum atomic E-state index is 10.1. The maximum absolute atomic E-state index is 10.1. The minimum atomic E-state index is 0. The Morgan fingerprint density at radius 3 is 2.74 bits per heavy atom. The molecule has 1 unspecified atom stereocenters. The Morgan fingerprint density at radius 2 is 2.03 bits per heavy atom. The third kappa shape index (κ3) is 7.88. The lowest BCUT2D eigenvalue weighted by molar-refractivity contribution is 0.0907. The Morgan fingerprint density at radius 1 is 1.23 bits per heavy atom. The fraction of sp³-hybridized carbons (Fsp3) is 0.458. The lowest BCUT2D eigenvalue weighted by Crippen LogP contribution is -2.40. The van der Waals surface area contributed by atoms with E-state index >= 15 is 0 Å². The number of guanidine groups is 1. The van der Waals surface area contributed by atoms with E-state index in [-0.39, 0.29) is 29.7 Å². The largest absolute Gasteiger partial charge is 0.508 e. The van der Waals surface area contributed by atoms with Crippen molar-refractivity contribution >= 4 is 29.9 Å². The summed E-state index contributed by atoms with van der Waals surface area (Å²) in [7, 11) is 1.59. The normalized spacial score (nSPS) is 16.1. The van der Waals surface area contributed by atoms with Crippen LogP contribution >= 0.6 is 24.0 Å². The first kappa shape index (κ1) is 25.3. The van der Waals surface area contributed by atoms with Gasteiger partial charge in [-0.1, -0.05) is 36.4 Å². The van der Waals surface area contributed by atoms with Gasteiger partial charge in [-0.2, -0.15) is 0 Å². The van der Waals surface area contributed by atoms with E-state index in [9.17, 15) is 5.11 Å².